The molecule has 2 amide bonds. The predicted octanol–water partition coefficient (Wildman–Crippen LogP) is 5.29. The van der Waals surface area contributed by atoms with E-state index in [9.17, 15) is 23.1 Å². The lowest BCUT2D eigenvalue weighted by Crippen LogP contribution is -2.48. The number of anilines is 1. The summed E-state index contributed by atoms with van der Waals surface area (Å²) in [5.41, 5.74) is 2.55. The molecule has 260 valence electrons. The van der Waals surface area contributed by atoms with Crippen LogP contribution >= 0.6 is 0 Å². The van der Waals surface area contributed by atoms with Gasteiger partial charge in [0.25, 0.3) is 5.91 Å². The molecule has 2 N–H and O–H groups in total. The number of hydrogen-bond acceptors (Lipinski definition) is 7. The van der Waals surface area contributed by atoms with Crippen molar-refractivity contribution in [2.24, 2.45) is 5.92 Å². The summed E-state index contributed by atoms with van der Waals surface area (Å²) in [6.45, 7) is 7.93. The van der Waals surface area contributed by atoms with Crippen molar-refractivity contribution in [1.82, 2.24) is 9.21 Å². The van der Waals surface area contributed by atoms with Crippen molar-refractivity contribution >= 4 is 27.5 Å². The Labute approximate surface area is 285 Å². The second kappa shape index (κ2) is 17.1. The van der Waals surface area contributed by atoms with Crippen LogP contribution in [0.3, 0.4) is 0 Å². The van der Waals surface area contributed by atoms with Gasteiger partial charge in [0.2, 0.25) is 15.9 Å². The number of benzene rings is 3. The predicted molar refractivity (Wildman–Crippen MR) is 187 cm³/mol. The number of amides is 2. The highest BCUT2D eigenvalue weighted by molar-refractivity contribution is 7.89. The van der Waals surface area contributed by atoms with Crippen molar-refractivity contribution in [2.75, 3.05) is 38.7 Å². The quantitative estimate of drug-likeness (QED) is 0.315. The molecule has 48 heavy (non-hydrogen) atoms. The van der Waals surface area contributed by atoms with Crippen LogP contribution in [-0.2, 0) is 26.0 Å². The highest BCUT2D eigenvalue weighted by atomic mass is 32.2. The summed E-state index contributed by atoms with van der Waals surface area (Å²) in [5, 5.41) is 13.1. The molecular formula is C37H49N3O7S. The third kappa shape index (κ3) is 9.88. The lowest BCUT2D eigenvalue weighted by Gasteiger charge is -2.35. The summed E-state index contributed by atoms with van der Waals surface area (Å²) < 4.78 is 40.9. The second-order valence-corrected chi connectivity index (χ2v) is 14.9. The minimum absolute atomic E-state index is 0.0839. The van der Waals surface area contributed by atoms with E-state index in [0.717, 1.165) is 24.0 Å². The zero-order chi connectivity index (χ0) is 34.8. The van der Waals surface area contributed by atoms with Crippen LogP contribution in [0.1, 0.15) is 61.5 Å². The van der Waals surface area contributed by atoms with Gasteiger partial charge in [0.15, 0.2) is 0 Å². The summed E-state index contributed by atoms with van der Waals surface area (Å²) in [4.78, 5) is 29.0. The fraction of sp³-hybridized carbons (Fsp3) is 0.459. The van der Waals surface area contributed by atoms with Gasteiger partial charge in [-0.25, -0.2) is 8.42 Å². The van der Waals surface area contributed by atoms with Crippen LogP contribution in [0.25, 0.3) is 0 Å². The first-order valence-corrected chi connectivity index (χ1v) is 18.0. The molecule has 1 heterocycles. The number of hydrogen-bond donors (Lipinski definition) is 2. The van der Waals surface area contributed by atoms with Gasteiger partial charge in [-0.05, 0) is 75.9 Å². The van der Waals surface area contributed by atoms with Gasteiger partial charge in [-0.3, -0.25) is 9.59 Å². The van der Waals surface area contributed by atoms with Crippen LogP contribution in [0.2, 0.25) is 0 Å². The topological polar surface area (TPSA) is 125 Å². The standard InChI is InChI=1S/C37H49N3O7S/c1-26-14-17-32(18-15-26)48(44,45)39(5)24-35-27(2)23-40(28(3)25-41)37(43)33-22-31(38-36(42)21-30-12-7-6-8-13-30)16-19-34(33)47-29(4)11-9-10-20-46-35/h6-8,12-19,22,27-29,35,41H,9-11,20-21,23-25H2,1-5H3,(H,38,42)/t27-,28+,29-,35-/m0/s1. The lowest BCUT2D eigenvalue weighted by atomic mass is 10.0. The van der Waals surface area contributed by atoms with E-state index in [-0.39, 0.29) is 60.4 Å². The van der Waals surface area contributed by atoms with Crippen LogP contribution in [0, 0.1) is 12.8 Å². The Morgan fingerprint density at radius 2 is 1.77 bits per heavy atom. The third-order valence-electron chi connectivity index (χ3n) is 8.71. The first-order valence-electron chi connectivity index (χ1n) is 16.6. The van der Waals surface area contributed by atoms with E-state index in [1.54, 1.807) is 61.3 Å². The van der Waals surface area contributed by atoms with Crippen LogP contribution < -0.4 is 10.1 Å². The van der Waals surface area contributed by atoms with Gasteiger partial charge in [0.05, 0.1) is 41.7 Å². The van der Waals surface area contributed by atoms with Gasteiger partial charge < -0.3 is 24.8 Å². The average Bonchev–Trinajstić information content (AvgIpc) is 3.06. The molecule has 0 aliphatic carbocycles. The molecule has 1 aliphatic heterocycles. The van der Waals surface area contributed by atoms with Crippen molar-refractivity contribution in [3.63, 3.8) is 0 Å². The van der Waals surface area contributed by atoms with Crippen LogP contribution in [0.15, 0.2) is 77.7 Å². The molecule has 0 spiro atoms. The molecule has 10 nitrogen and oxygen atoms in total. The molecule has 3 aromatic rings. The minimum Gasteiger partial charge on any atom is -0.490 e. The number of rotatable bonds is 9. The molecule has 0 unspecified atom stereocenters. The Morgan fingerprint density at radius 3 is 2.46 bits per heavy atom. The molecule has 11 heteroatoms. The Kier molecular flexibility index (Phi) is 13.2. The number of aryl methyl sites for hydroxylation is 1. The molecule has 0 aromatic heterocycles. The fourth-order valence-corrected chi connectivity index (χ4v) is 6.87. The molecule has 0 bridgehead atoms. The normalized spacial score (nSPS) is 20.4. The third-order valence-corrected chi connectivity index (χ3v) is 10.5. The largest absolute Gasteiger partial charge is 0.490 e. The summed E-state index contributed by atoms with van der Waals surface area (Å²) in [6, 6.07) is 20.6. The van der Waals surface area contributed by atoms with Gasteiger partial charge in [-0.1, -0.05) is 55.0 Å². The van der Waals surface area contributed by atoms with E-state index in [0.29, 0.717) is 24.5 Å². The monoisotopic (exact) mass is 679 g/mol. The zero-order valence-electron chi connectivity index (χ0n) is 28.6. The first kappa shape index (κ1) is 37.1. The van der Waals surface area contributed by atoms with Crippen LogP contribution in [0.4, 0.5) is 5.69 Å². The number of fused-ring (bicyclic) bond motifs is 1. The Morgan fingerprint density at radius 1 is 1.06 bits per heavy atom. The van der Waals surface area contributed by atoms with E-state index < -0.39 is 22.2 Å². The molecule has 1 aliphatic rings. The first-order chi connectivity index (χ1) is 22.9. The van der Waals surface area contributed by atoms with E-state index in [1.807, 2.05) is 51.1 Å². The van der Waals surface area contributed by atoms with Crippen LogP contribution in [-0.4, -0.2) is 86.1 Å². The Hall–Kier alpha value is -3.77. The van der Waals surface area contributed by atoms with Gasteiger partial charge >= 0.3 is 0 Å². The number of aliphatic hydroxyl groups is 1. The molecular weight excluding hydrogens is 630 g/mol. The SMILES string of the molecule is Cc1ccc(S(=O)(=O)N(C)C[C@@H]2OCCCC[C@H](C)Oc3ccc(NC(=O)Cc4ccccc4)cc3C(=O)N([C@H](C)CO)C[C@@H]2C)cc1. The highest BCUT2D eigenvalue weighted by Crippen LogP contribution is 2.29. The number of nitrogens with zero attached hydrogens (tertiary/aromatic N) is 2. The van der Waals surface area contributed by atoms with Gasteiger partial charge in [-0.15, -0.1) is 0 Å². The van der Waals surface area contributed by atoms with Crippen molar-refractivity contribution in [2.45, 2.75) is 76.5 Å². The summed E-state index contributed by atoms with van der Waals surface area (Å²) >= 11 is 0. The molecule has 0 radical (unpaired) electrons. The zero-order valence-corrected chi connectivity index (χ0v) is 29.4. The van der Waals surface area contributed by atoms with Crippen molar-refractivity contribution < 1.29 is 32.6 Å². The van der Waals surface area contributed by atoms with Gasteiger partial charge in [-0.2, -0.15) is 4.31 Å². The maximum Gasteiger partial charge on any atom is 0.258 e. The van der Waals surface area contributed by atoms with E-state index in [2.05, 4.69) is 5.32 Å². The molecule has 0 saturated heterocycles. The Bertz CT molecular complexity index is 1620. The van der Waals surface area contributed by atoms with Crippen molar-refractivity contribution in [3.05, 3.63) is 89.5 Å². The summed E-state index contributed by atoms with van der Waals surface area (Å²) in [6.07, 6.45) is 1.72. The number of carbonyl (C=O) groups excluding carboxylic acids is 2. The second-order valence-electron chi connectivity index (χ2n) is 12.8. The molecule has 3 aromatic carbocycles. The summed E-state index contributed by atoms with van der Waals surface area (Å²) in [7, 11) is -2.24. The van der Waals surface area contributed by atoms with Crippen molar-refractivity contribution in [3.8, 4) is 5.75 Å². The number of ether oxygens (including phenoxy) is 2. The average molecular weight is 680 g/mol. The van der Waals surface area contributed by atoms with Crippen molar-refractivity contribution in [1.29, 1.82) is 0 Å². The smallest absolute Gasteiger partial charge is 0.258 e. The van der Waals surface area contributed by atoms with Gasteiger partial charge in [0.1, 0.15) is 5.75 Å². The minimum atomic E-state index is -3.79. The van der Waals surface area contributed by atoms with E-state index in [1.165, 1.54) is 4.31 Å². The number of sulfonamides is 1. The fourth-order valence-electron chi connectivity index (χ4n) is 5.69. The van der Waals surface area contributed by atoms with E-state index >= 15 is 0 Å². The van der Waals surface area contributed by atoms with Gasteiger partial charge in [0, 0.05) is 38.3 Å². The number of likely N-dealkylation sites (N-methyl/N-ethyl adjacent to an activating group) is 1. The summed E-state index contributed by atoms with van der Waals surface area (Å²) in [5.74, 6) is -0.507. The maximum atomic E-state index is 14.4. The maximum absolute atomic E-state index is 14.4. The molecule has 4 atom stereocenters. The Balaban J connectivity index is 1.62. The van der Waals surface area contributed by atoms with Crippen LogP contribution in [0.5, 0.6) is 5.75 Å². The lowest BCUT2D eigenvalue weighted by molar-refractivity contribution is -0.115. The molecule has 0 fully saturated rings. The number of carbonyl (C=O) groups is 2. The number of nitrogens with one attached hydrogen (secondary N) is 1. The highest BCUT2D eigenvalue weighted by Gasteiger charge is 2.32. The molecule has 4 rings (SSSR count). The number of aliphatic hydroxyl groups excluding tert-OH is 1. The molecule has 0 saturated carbocycles. The van der Waals surface area contributed by atoms with E-state index in [4.69, 9.17) is 9.47 Å².